The van der Waals surface area contributed by atoms with Crippen LogP contribution >= 0.6 is 15.9 Å². The second-order valence-electron chi connectivity index (χ2n) is 3.88. The summed E-state index contributed by atoms with van der Waals surface area (Å²) in [5.41, 5.74) is 0.783. The van der Waals surface area contributed by atoms with E-state index in [1.165, 1.54) is 18.3 Å². The first-order valence-corrected chi connectivity index (χ1v) is 7.56. The van der Waals surface area contributed by atoms with Gasteiger partial charge in [0.05, 0.1) is 16.8 Å². The van der Waals surface area contributed by atoms with Gasteiger partial charge in [-0.2, -0.15) is 0 Å². The summed E-state index contributed by atoms with van der Waals surface area (Å²) in [6, 6.07) is 6.79. The SMILES string of the molecule is Cc1ccc(F)cc1S(=O)(=O)Nc1ccc(Br)nc1. The molecule has 1 heterocycles. The van der Waals surface area contributed by atoms with E-state index in [0.29, 0.717) is 15.9 Å². The normalized spacial score (nSPS) is 11.3. The molecule has 0 radical (unpaired) electrons. The second kappa shape index (κ2) is 5.26. The van der Waals surface area contributed by atoms with Gasteiger partial charge in [0.2, 0.25) is 0 Å². The van der Waals surface area contributed by atoms with E-state index in [1.807, 2.05) is 0 Å². The van der Waals surface area contributed by atoms with Crippen molar-refractivity contribution in [3.05, 3.63) is 52.5 Å². The van der Waals surface area contributed by atoms with E-state index >= 15 is 0 Å². The maximum atomic E-state index is 13.2. The lowest BCUT2D eigenvalue weighted by molar-refractivity contribution is 0.594. The van der Waals surface area contributed by atoms with E-state index in [4.69, 9.17) is 0 Å². The summed E-state index contributed by atoms with van der Waals surface area (Å²) in [7, 11) is -3.82. The number of anilines is 1. The molecular weight excluding hydrogens is 335 g/mol. The van der Waals surface area contributed by atoms with Crippen LogP contribution in [0.4, 0.5) is 10.1 Å². The molecule has 2 aromatic rings. The smallest absolute Gasteiger partial charge is 0.262 e. The summed E-state index contributed by atoms with van der Waals surface area (Å²) in [6.07, 6.45) is 1.37. The minimum Gasteiger partial charge on any atom is -0.278 e. The molecule has 19 heavy (non-hydrogen) atoms. The van der Waals surface area contributed by atoms with Gasteiger partial charge in [0.1, 0.15) is 10.4 Å². The number of halogens is 2. The Labute approximate surface area is 118 Å². The Hall–Kier alpha value is -1.47. The third-order valence-corrected chi connectivity index (χ3v) is 4.41. The quantitative estimate of drug-likeness (QED) is 0.870. The molecule has 1 aromatic carbocycles. The summed E-state index contributed by atoms with van der Waals surface area (Å²) < 4.78 is 40.4. The molecule has 4 nitrogen and oxygen atoms in total. The number of nitrogens with one attached hydrogen (secondary N) is 1. The van der Waals surface area contributed by atoms with Crippen LogP contribution in [0.15, 0.2) is 46.0 Å². The molecule has 0 saturated carbocycles. The molecule has 0 amide bonds. The van der Waals surface area contributed by atoms with Gasteiger partial charge in [-0.1, -0.05) is 6.07 Å². The predicted octanol–water partition coefficient (Wildman–Crippen LogP) is 3.09. The molecule has 100 valence electrons. The minimum absolute atomic E-state index is 0.0876. The monoisotopic (exact) mass is 344 g/mol. The number of benzene rings is 1. The van der Waals surface area contributed by atoms with E-state index in [0.717, 1.165) is 6.07 Å². The molecule has 1 aromatic heterocycles. The molecule has 0 unspecified atom stereocenters. The molecule has 0 aliphatic heterocycles. The zero-order chi connectivity index (χ0) is 14.0. The average molecular weight is 345 g/mol. The summed E-state index contributed by atoms with van der Waals surface area (Å²) >= 11 is 3.15. The maximum Gasteiger partial charge on any atom is 0.262 e. The Bertz CT molecular complexity index is 702. The fraction of sp³-hybridized carbons (Fsp3) is 0.0833. The summed E-state index contributed by atoms with van der Waals surface area (Å²) in [5, 5.41) is 0. The predicted molar refractivity (Wildman–Crippen MR) is 73.9 cm³/mol. The largest absolute Gasteiger partial charge is 0.278 e. The van der Waals surface area contributed by atoms with Crippen molar-refractivity contribution in [1.29, 1.82) is 0 Å². The Morgan fingerprint density at radius 3 is 2.63 bits per heavy atom. The standard InChI is InChI=1S/C12H10BrFN2O2S/c1-8-2-3-9(14)6-11(8)19(17,18)16-10-4-5-12(13)15-7-10/h2-7,16H,1H3. The third kappa shape index (κ3) is 3.30. The van der Waals surface area contributed by atoms with Gasteiger partial charge in [0, 0.05) is 0 Å². The first kappa shape index (κ1) is 14.0. The number of aromatic nitrogens is 1. The van der Waals surface area contributed by atoms with Crippen molar-refractivity contribution < 1.29 is 12.8 Å². The Kier molecular flexibility index (Phi) is 3.86. The molecule has 0 aliphatic carbocycles. The molecule has 0 spiro atoms. The lowest BCUT2D eigenvalue weighted by atomic mass is 10.2. The van der Waals surface area contributed by atoms with Crippen LogP contribution in [-0.2, 0) is 10.0 Å². The molecule has 0 bridgehead atoms. The number of hydrogen-bond donors (Lipinski definition) is 1. The van der Waals surface area contributed by atoms with Gasteiger partial charge in [-0.25, -0.2) is 17.8 Å². The second-order valence-corrected chi connectivity index (χ2v) is 6.35. The Morgan fingerprint density at radius 2 is 2.00 bits per heavy atom. The Morgan fingerprint density at radius 1 is 1.26 bits per heavy atom. The van der Waals surface area contributed by atoms with Crippen LogP contribution in [0.25, 0.3) is 0 Å². The van der Waals surface area contributed by atoms with Crippen LogP contribution in [0.5, 0.6) is 0 Å². The molecule has 1 N–H and O–H groups in total. The van der Waals surface area contributed by atoms with Gasteiger partial charge in [0.15, 0.2) is 0 Å². The van der Waals surface area contributed by atoms with Crippen molar-refractivity contribution in [3.63, 3.8) is 0 Å². The van der Waals surface area contributed by atoms with Gasteiger partial charge in [-0.3, -0.25) is 4.72 Å². The first-order valence-electron chi connectivity index (χ1n) is 5.29. The van der Waals surface area contributed by atoms with Crippen molar-refractivity contribution in [2.75, 3.05) is 4.72 Å². The van der Waals surface area contributed by atoms with E-state index in [9.17, 15) is 12.8 Å². The van der Waals surface area contributed by atoms with Crippen molar-refractivity contribution in [2.45, 2.75) is 11.8 Å². The minimum atomic E-state index is -3.82. The van der Waals surface area contributed by atoms with Crippen LogP contribution < -0.4 is 4.72 Å². The van der Waals surface area contributed by atoms with E-state index < -0.39 is 15.8 Å². The van der Waals surface area contributed by atoms with E-state index in [2.05, 4.69) is 25.6 Å². The molecule has 2 rings (SSSR count). The van der Waals surface area contributed by atoms with Crippen LogP contribution in [0, 0.1) is 12.7 Å². The maximum absolute atomic E-state index is 13.2. The van der Waals surface area contributed by atoms with Crippen molar-refractivity contribution >= 4 is 31.6 Å². The van der Waals surface area contributed by atoms with Gasteiger partial charge in [-0.15, -0.1) is 0 Å². The number of aryl methyl sites for hydroxylation is 1. The number of sulfonamides is 1. The molecule has 0 atom stereocenters. The topological polar surface area (TPSA) is 59.1 Å². The van der Waals surface area contributed by atoms with Crippen LogP contribution in [0.3, 0.4) is 0 Å². The van der Waals surface area contributed by atoms with Gasteiger partial charge >= 0.3 is 0 Å². The first-order chi connectivity index (χ1) is 8.88. The Balaban J connectivity index is 2.37. The number of pyridine rings is 1. The highest BCUT2D eigenvalue weighted by Gasteiger charge is 2.17. The highest BCUT2D eigenvalue weighted by Crippen LogP contribution is 2.20. The van der Waals surface area contributed by atoms with Crippen LogP contribution in [0.1, 0.15) is 5.56 Å². The zero-order valence-electron chi connectivity index (χ0n) is 9.89. The fourth-order valence-corrected chi connectivity index (χ4v) is 3.04. The molecule has 7 heteroatoms. The van der Waals surface area contributed by atoms with Crippen LogP contribution in [0.2, 0.25) is 0 Å². The summed E-state index contributed by atoms with van der Waals surface area (Å²) in [5.74, 6) is -0.597. The van der Waals surface area contributed by atoms with E-state index in [-0.39, 0.29) is 4.90 Å². The van der Waals surface area contributed by atoms with Gasteiger partial charge < -0.3 is 0 Å². The molecule has 0 fully saturated rings. The third-order valence-electron chi connectivity index (χ3n) is 2.42. The lowest BCUT2D eigenvalue weighted by Gasteiger charge is -2.10. The van der Waals surface area contributed by atoms with Crippen molar-refractivity contribution in [1.82, 2.24) is 4.98 Å². The number of hydrogen-bond acceptors (Lipinski definition) is 3. The highest BCUT2D eigenvalue weighted by molar-refractivity contribution is 9.10. The van der Waals surface area contributed by atoms with Crippen molar-refractivity contribution in [2.24, 2.45) is 0 Å². The van der Waals surface area contributed by atoms with E-state index in [1.54, 1.807) is 19.1 Å². The number of nitrogens with zero attached hydrogens (tertiary/aromatic N) is 1. The number of rotatable bonds is 3. The molecule has 0 aliphatic rings. The van der Waals surface area contributed by atoms with Crippen LogP contribution in [-0.4, -0.2) is 13.4 Å². The lowest BCUT2D eigenvalue weighted by Crippen LogP contribution is -2.14. The van der Waals surface area contributed by atoms with Gasteiger partial charge in [0.25, 0.3) is 10.0 Å². The van der Waals surface area contributed by atoms with Gasteiger partial charge in [-0.05, 0) is 52.7 Å². The fourth-order valence-electron chi connectivity index (χ4n) is 1.51. The molecular formula is C12H10BrFN2O2S. The highest BCUT2D eigenvalue weighted by atomic mass is 79.9. The average Bonchev–Trinajstić information content (AvgIpc) is 2.35. The zero-order valence-corrected chi connectivity index (χ0v) is 12.3. The summed E-state index contributed by atoms with van der Waals surface area (Å²) in [6.45, 7) is 1.60. The summed E-state index contributed by atoms with van der Waals surface area (Å²) in [4.78, 5) is 3.83. The van der Waals surface area contributed by atoms with Crippen molar-refractivity contribution in [3.8, 4) is 0 Å². The molecule has 0 saturated heterocycles.